The Hall–Kier alpha value is -3.48. The molecule has 0 spiro atoms. The van der Waals surface area contributed by atoms with Crippen molar-refractivity contribution in [3.8, 4) is 0 Å². The first kappa shape index (κ1) is 25.1. The molecule has 0 saturated heterocycles. The van der Waals surface area contributed by atoms with E-state index < -0.39 is 6.04 Å². The van der Waals surface area contributed by atoms with Gasteiger partial charge in [0.25, 0.3) is 5.91 Å². The van der Waals surface area contributed by atoms with E-state index >= 15 is 0 Å². The van der Waals surface area contributed by atoms with Crippen LogP contribution >= 0.6 is 0 Å². The van der Waals surface area contributed by atoms with Crippen molar-refractivity contribution >= 4 is 11.8 Å². The first-order valence-electron chi connectivity index (χ1n) is 11.6. The van der Waals surface area contributed by atoms with Crippen molar-refractivity contribution < 1.29 is 19.1 Å². The lowest BCUT2D eigenvalue weighted by molar-refractivity contribution is -0.121. The van der Waals surface area contributed by atoms with Gasteiger partial charge in [0.05, 0.1) is 32.3 Å². The Labute approximate surface area is 201 Å². The number of ether oxygens (including phenoxy) is 2. The van der Waals surface area contributed by atoms with Crippen LogP contribution in [0.2, 0.25) is 0 Å². The summed E-state index contributed by atoms with van der Waals surface area (Å²) in [5.41, 5.74) is 3.47. The van der Waals surface area contributed by atoms with Gasteiger partial charge in [-0.05, 0) is 35.7 Å². The maximum absolute atomic E-state index is 12.8. The van der Waals surface area contributed by atoms with Gasteiger partial charge in [0.15, 0.2) is 0 Å². The van der Waals surface area contributed by atoms with E-state index in [4.69, 9.17) is 9.47 Å². The second-order valence-corrected chi connectivity index (χ2v) is 7.85. The van der Waals surface area contributed by atoms with E-state index in [1.807, 2.05) is 79.7 Å². The Bertz CT molecular complexity index is 1020. The first-order chi connectivity index (χ1) is 16.7. The van der Waals surface area contributed by atoms with Crippen LogP contribution in [0.15, 0.2) is 84.9 Å². The lowest BCUT2D eigenvalue weighted by atomic mass is 10.0. The molecular weight excluding hydrogens is 428 g/mol. The van der Waals surface area contributed by atoms with E-state index in [2.05, 4.69) is 10.6 Å². The standard InChI is InChI=1S/C28H32N2O4/c1-2-33-16-17-34-21-23-11-9-10-22(18-23)20-29-27(31)19-26(24-12-5-3-6-13-24)30-28(32)25-14-7-4-8-15-25/h3-15,18,26H,2,16-17,19-21H2,1H3,(H,29,31)(H,30,32). The topological polar surface area (TPSA) is 76.7 Å². The Morgan fingerprint density at radius 3 is 2.24 bits per heavy atom. The van der Waals surface area contributed by atoms with Crippen LogP contribution in [-0.4, -0.2) is 31.6 Å². The zero-order chi connectivity index (χ0) is 24.0. The van der Waals surface area contributed by atoms with Crippen LogP contribution in [0.5, 0.6) is 0 Å². The highest BCUT2D eigenvalue weighted by Gasteiger charge is 2.19. The molecule has 3 rings (SSSR count). The molecule has 1 atom stereocenters. The van der Waals surface area contributed by atoms with Crippen LogP contribution in [0.25, 0.3) is 0 Å². The maximum Gasteiger partial charge on any atom is 0.251 e. The summed E-state index contributed by atoms with van der Waals surface area (Å²) in [5, 5.41) is 5.97. The largest absolute Gasteiger partial charge is 0.379 e. The maximum atomic E-state index is 12.8. The van der Waals surface area contributed by atoms with Crippen LogP contribution in [0.3, 0.4) is 0 Å². The number of benzene rings is 3. The molecule has 0 aliphatic heterocycles. The van der Waals surface area contributed by atoms with Crippen molar-refractivity contribution in [2.45, 2.75) is 32.5 Å². The van der Waals surface area contributed by atoms with Crippen LogP contribution in [0, 0.1) is 0 Å². The summed E-state index contributed by atoms with van der Waals surface area (Å²) in [4.78, 5) is 25.5. The lowest BCUT2D eigenvalue weighted by Crippen LogP contribution is -2.33. The predicted octanol–water partition coefficient (Wildman–Crippen LogP) is 4.42. The molecule has 178 valence electrons. The summed E-state index contributed by atoms with van der Waals surface area (Å²) >= 11 is 0. The third kappa shape index (κ3) is 8.46. The summed E-state index contributed by atoms with van der Waals surface area (Å²) in [7, 11) is 0. The molecular formula is C28H32N2O4. The van der Waals surface area contributed by atoms with Gasteiger partial charge < -0.3 is 20.1 Å². The minimum atomic E-state index is -0.431. The van der Waals surface area contributed by atoms with Gasteiger partial charge in [0, 0.05) is 18.7 Å². The lowest BCUT2D eigenvalue weighted by Gasteiger charge is -2.19. The van der Waals surface area contributed by atoms with Gasteiger partial charge >= 0.3 is 0 Å². The summed E-state index contributed by atoms with van der Waals surface area (Å²) in [6.07, 6.45) is 0.142. The van der Waals surface area contributed by atoms with E-state index in [0.717, 1.165) is 16.7 Å². The predicted molar refractivity (Wildman–Crippen MR) is 132 cm³/mol. The van der Waals surface area contributed by atoms with Crippen molar-refractivity contribution in [3.63, 3.8) is 0 Å². The zero-order valence-electron chi connectivity index (χ0n) is 19.5. The average Bonchev–Trinajstić information content (AvgIpc) is 2.88. The summed E-state index contributed by atoms with van der Waals surface area (Å²) < 4.78 is 10.9. The average molecular weight is 461 g/mol. The Balaban J connectivity index is 1.55. The molecule has 3 aromatic carbocycles. The monoisotopic (exact) mass is 460 g/mol. The summed E-state index contributed by atoms with van der Waals surface area (Å²) in [5.74, 6) is -0.347. The molecule has 6 heteroatoms. The van der Waals surface area contributed by atoms with Gasteiger partial charge in [-0.1, -0.05) is 72.8 Å². The van der Waals surface area contributed by atoms with Crippen LogP contribution < -0.4 is 10.6 Å². The molecule has 0 fully saturated rings. The molecule has 0 aliphatic rings. The Morgan fingerprint density at radius 2 is 1.50 bits per heavy atom. The number of hydrogen-bond acceptors (Lipinski definition) is 4. The third-order valence-corrected chi connectivity index (χ3v) is 5.26. The Morgan fingerprint density at radius 1 is 0.824 bits per heavy atom. The van der Waals surface area contributed by atoms with E-state index in [-0.39, 0.29) is 18.2 Å². The molecule has 0 aromatic heterocycles. The van der Waals surface area contributed by atoms with Gasteiger partial charge in [-0.25, -0.2) is 0 Å². The number of hydrogen-bond donors (Lipinski definition) is 2. The Kier molecular flexibility index (Phi) is 10.3. The molecule has 0 saturated carbocycles. The van der Waals surface area contributed by atoms with Gasteiger partial charge in [-0.15, -0.1) is 0 Å². The van der Waals surface area contributed by atoms with Crippen molar-refractivity contribution in [2.75, 3.05) is 19.8 Å². The number of carbonyl (C=O) groups is 2. The minimum absolute atomic E-state index is 0.138. The number of carbonyl (C=O) groups excluding carboxylic acids is 2. The molecule has 0 heterocycles. The van der Waals surface area contributed by atoms with E-state index in [1.54, 1.807) is 12.1 Å². The fourth-order valence-corrected chi connectivity index (χ4v) is 3.51. The van der Waals surface area contributed by atoms with Crippen molar-refractivity contribution in [1.29, 1.82) is 0 Å². The second kappa shape index (κ2) is 13.9. The fraction of sp³-hybridized carbons (Fsp3) is 0.286. The van der Waals surface area contributed by atoms with Crippen molar-refractivity contribution in [1.82, 2.24) is 10.6 Å². The normalized spacial score (nSPS) is 11.6. The molecule has 2 N–H and O–H groups in total. The van der Waals surface area contributed by atoms with Crippen molar-refractivity contribution in [3.05, 3.63) is 107 Å². The molecule has 6 nitrogen and oxygen atoms in total. The molecule has 1 unspecified atom stereocenters. The molecule has 3 aromatic rings. The fourth-order valence-electron chi connectivity index (χ4n) is 3.51. The van der Waals surface area contributed by atoms with Crippen molar-refractivity contribution in [2.24, 2.45) is 0 Å². The minimum Gasteiger partial charge on any atom is -0.379 e. The highest BCUT2D eigenvalue weighted by Crippen LogP contribution is 2.18. The smallest absolute Gasteiger partial charge is 0.251 e. The van der Waals surface area contributed by atoms with E-state index in [0.29, 0.717) is 38.5 Å². The van der Waals surface area contributed by atoms with E-state index in [1.165, 1.54) is 0 Å². The summed E-state index contributed by atoms with van der Waals surface area (Å²) in [6.45, 7) is 4.66. The number of amides is 2. The third-order valence-electron chi connectivity index (χ3n) is 5.26. The molecule has 0 bridgehead atoms. The molecule has 0 radical (unpaired) electrons. The van der Waals surface area contributed by atoms with E-state index in [9.17, 15) is 9.59 Å². The highest BCUT2D eigenvalue weighted by molar-refractivity contribution is 5.94. The molecule has 0 aliphatic carbocycles. The number of nitrogens with one attached hydrogen (secondary N) is 2. The first-order valence-corrected chi connectivity index (χ1v) is 11.6. The van der Waals surface area contributed by atoms with Crippen LogP contribution in [0.1, 0.15) is 46.4 Å². The molecule has 2 amide bonds. The van der Waals surface area contributed by atoms with Crippen LogP contribution in [-0.2, 0) is 27.4 Å². The number of rotatable bonds is 13. The quantitative estimate of drug-likeness (QED) is 0.370. The zero-order valence-corrected chi connectivity index (χ0v) is 19.5. The second-order valence-electron chi connectivity index (χ2n) is 7.85. The van der Waals surface area contributed by atoms with Crippen LogP contribution in [0.4, 0.5) is 0 Å². The summed E-state index contributed by atoms with van der Waals surface area (Å²) in [6, 6.07) is 26.1. The van der Waals surface area contributed by atoms with Gasteiger partial charge in [0.1, 0.15) is 0 Å². The van der Waals surface area contributed by atoms with Gasteiger partial charge in [-0.2, -0.15) is 0 Å². The SMILES string of the molecule is CCOCCOCc1cccc(CNC(=O)CC(NC(=O)c2ccccc2)c2ccccc2)c1. The van der Waals surface area contributed by atoms with Gasteiger partial charge in [0.2, 0.25) is 5.91 Å². The highest BCUT2D eigenvalue weighted by atomic mass is 16.5. The molecule has 34 heavy (non-hydrogen) atoms. The van der Waals surface area contributed by atoms with Gasteiger partial charge in [-0.3, -0.25) is 9.59 Å².